The number of anilines is 1. The second kappa shape index (κ2) is 7.55. The molecule has 96 valence electrons. The van der Waals surface area contributed by atoms with E-state index in [9.17, 15) is 0 Å². The van der Waals surface area contributed by atoms with Gasteiger partial charge in [-0.25, -0.2) is 0 Å². The minimum Gasteiger partial charge on any atom is -0.371 e. The van der Waals surface area contributed by atoms with E-state index in [0.717, 1.165) is 16.0 Å². The van der Waals surface area contributed by atoms with Crippen LogP contribution in [-0.4, -0.2) is 25.1 Å². The maximum atomic E-state index is 6.31. The lowest BCUT2D eigenvalue weighted by Gasteiger charge is -2.28. The van der Waals surface area contributed by atoms with Gasteiger partial charge in [-0.05, 0) is 43.0 Å². The van der Waals surface area contributed by atoms with Crippen LogP contribution in [0, 0.1) is 0 Å². The summed E-state index contributed by atoms with van der Waals surface area (Å²) in [6, 6.07) is 6.76. The second-order valence-electron chi connectivity index (χ2n) is 4.16. The Kier molecular flexibility index (Phi) is 6.75. The Morgan fingerprint density at radius 2 is 2.18 bits per heavy atom. The van der Waals surface area contributed by atoms with Crippen LogP contribution in [0.5, 0.6) is 0 Å². The van der Waals surface area contributed by atoms with Crippen molar-refractivity contribution >= 4 is 45.0 Å². The van der Waals surface area contributed by atoms with Gasteiger partial charge in [0.2, 0.25) is 0 Å². The SMILES string of the molecule is CSCCC(C)N(C)c1ccc(CBr)cc1Cl. The monoisotopic (exact) mass is 335 g/mol. The molecule has 1 aromatic carbocycles. The lowest BCUT2D eigenvalue weighted by Crippen LogP contribution is -2.29. The predicted molar refractivity (Wildman–Crippen MR) is 84.9 cm³/mol. The topological polar surface area (TPSA) is 3.24 Å². The number of thioether (sulfide) groups is 1. The van der Waals surface area contributed by atoms with Gasteiger partial charge in [-0.3, -0.25) is 0 Å². The first-order valence-electron chi connectivity index (χ1n) is 5.66. The van der Waals surface area contributed by atoms with E-state index in [1.54, 1.807) is 0 Å². The molecule has 0 aromatic heterocycles. The average molecular weight is 337 g/mol. The van der Waals surface area contributed by atoms with Gasteiger partial charge < -0.3 is 4.90 Å². The van der Waals surface area contributed by atoms with E-state index in [0.29, 0.717) is 6.04 Å². The molecule has 0 heterocycles. The Morgan fingerprint density at radius 3 is 2.71 bits per heavy atom. The van der Waals surface area contributed by atoms with Gasteiger partial charge in [-0.15, -0.1) is 0 Å². The van der Waals surface area contributed by atoms with Crippen LogP contribution in [0.15, 0.2) is 18.2 Å². The molecule has 4 heteroatoms. The van der Waals surface area contributed by atoms with Crippen molar-refractivity contribution in [2.75, 3.05) is 24.0 Å². The minimum atomic E-state index is 0.509. The smallest absolute Gasteiger partial charge is 0.0642 e. The van der Waals surface area contributed by atoms with Gasteiger partial charge in [0.15, 0.2) is 0 Å². The summed E-state index contributed by atoms with van der Waals surface area (Å²) in [7, 11) is 2.11. The zero-order valence-corrected chi connectivity index (χ0v) is 13.7. The third-order valence-corrected chi connectivity index (χ3v) is 4.54. The molecule has 0 radical (unpaired) electrons. The largest absolute Gasteiger partial charge is 0.371 e. The molecular weight excluding hydrogens is 318 g/mol. The van der Waals surface area contributed by atoms with Gasteiger partial charge in [0.05, 0.1) is 10.7 Å². The predicted octanol–water partition coefficient (Wildman–Crippen LogP) is 4.81. The summed E-state index contributed by atoms with van der Waals surface area (Å²) in [6.07, 6.45) is 3.32. The van der Waals surface area contributed by atoms with E-state index in [1.807, 2.05) is 17.8 Å². The fourth-order valence-corrected chi connectivity index (χ4v) is 2.90. The van der Waals surface area contributed by atoms with Crippen molar-refractivity contribution in [2.24, 2.45) is 0 Å². The van der Waals surface area contributed by atoms with Gasteiger partial charge >= 0.3 is 0 Å². The Balaban J connectivity index is 2.77. The Morgan fingerprint density at radius 1 is 1.47 bits per heavy atom. The standard InChI is InChI=1S/C13H19BrClNS/c1-10(6-7-17-3)16(2)13-5-4-11(9-14)8-12(13)15/h4-5,8,10H,6-7,9H2,1-3H3. The third-order valence-electron chi connectivity index (χ3n) is 2.95. The molecule has 0 N–H and O–H groups in total. The van der Waals surface area contributed by atoms with E-state index in [-0.39, 0.29) is 0 Å². The summed E-state index contributed by atoms with van der Waals surface area (Å²) in [5.41, 5.74) is 2.33. The zero-order valence-electron chi connectivity index (χ0n) is 10.5. The molecule has 1 rings (SSSR count). The van der Waals surface area contributed by atoms with Crippen LogP contribution in [0.4, 0.5) is 5.69 Å². The quantitative estimate of drug-likeness (QED) is 0.686. The highest BCUT2D eigenvalue weighted by molar-refractivity contribution is 9.08. The van der Waals surface area contributed by atoms with Crippen LogP contribution in [0.3, 0.4) is 0 Å². The number of hydrogen-bond acceptors (Lipinski definition) is 2. The fourth-order valence-electron chi connectivity index (χ4n) is 1.64. The number of benzene rings is 1. The number of alkyl halides is 1. The molecule has 0 saturated carbocycles. The summed E-state index contributed by atoms with van der Waals surface area (Å²) in [5, 5.41) is 1.68. The van der Waals surface area contributed by atoms with Crippen molar-refractivity contribution in [3.05, 3.63) is 28.8 Å². The van der Waals surface area contributed by atoms with Crippen LogP contribution in [0.1, 0.15) is 18.9 Å². The Bertz CT molecular complexity index is 359. The Labute approximate surface area is 122 Å². The van der Waals surface area contributed by atoms with Crippen molar-refractivity contribution in [2.45, 2.75) is 24.7 Å². The van der Waals surface area contributed by atoms with Gasteiger partial charge in [-0.1, -0.05) is 33.6 Å². The molecule has 1 nitrogen and oxygen atoms in total. The molecule has 1 unspecified atom stereocenters. The molecule has 17 heavy (non-hydrogen) atoms. The lowest BCUT2D eigenvalue weighted by atomic mass is 10.1. The highest BCUT2D eigenvalue weighted by Crippen LogP contribution is 2.28. The van der Waals surface area contributed by atoms with Crippen molar-refractivity contribution in [3.63, 3.8) is 0 Å². The maximum Gasteiger partial charge on any atom is 0.0642 e. The average Bonchev–Trinajstić information content (AvgIpc) is 2.34. The summed E-state index contributed by atoms with van der Waals surface area (Å²) in [5.74, 6) is 1.18. The van der Waals surface area contributed by atoms with E-state index in [4.69, 9.17) is 11.6 Å². The van der Waals surface area contributed by atoms with Gasteiger partial charge in [0, 0.05) is 18.4 Å². The molecule has 0 fully saturated rings. The number of nitrogens with zero attached hydrogens (tertiary/aromatic N) is 1. The molecule has 0 spiro atoms. The molecule has 1 atom stereocenters. The van der Waals surface area contributed by atoms with E-state index in [2.05, 4.69) is 53.2 Å². The minimum absolute atomic E-state index is 0.509. The molecule has 0 aliphatic carbocycles. The van der Waals surface area contributed by atoms with Crippen LogP contribution in [-0.2, 0) is 5.33 Å². The summed E-state index contributed by atoms with van der Waals surface area (Å²) in [4.78, 5) is 2.26. The number of hydrogen-bond donors (Lipinski definition) is 0. The number of halogens is 2. The van der Waals surface area contributed by atoms with Crippen LogP contribution >= 0.6 is 39.3 Å². The van der Waals surface area contributed by atoms with Gasteiger partial charge in [0.1, 0.15) is 0 Å². The normalized spacial score (nSPS) is 12.5. The van der Waals surface area contributed by atoms with Crippen molar-refractivity contribution in [3.8, 4) is 0 Å². The number of rotatable bonds is 6. The zero-order chi connectivity index (χ0) is 12.8. The summed E-state index contributed by atoms with van der Waals surface area (Å²) >= 11 is 11.6. The highest BCUT2D eigenvalue weighted by atomic mass is 79.9. The van der Waals surface area contributed by atoms with Crippen LogP contribution in [0.2, 0.25) is 5.02 Å². The molecule has 0 saturated heterocycles. The maximum absolute atomic E-state index is 6.31. The summed E-state index contributed by atoms with van der Waals surface area (Å²) in [6.45, 7) is 2.24. The van der Waals surface area contributed by atoms with E-state index in [1.165, 1.54) is 17.7 Å². The lowest BCUT2D eigenvalue weighted by molar-refractivity contribution is 0.669. The van der Waals surface area contributed by atoms with Crippen molar-refractivity contribution in [1.82, 2.24) is 0 Å². The fraction of sp³-hybridized carbons (Fsp3) is 0.538. The first-order valence-corrected chi connectivity index (χ1v) is 8.55. The van der Waals surface area contributed by atoms with E-state index < -0.39 is 0 Å². The van der Waals surface area contributed by atoms with Crippen molar-refractivity contribution < 1.29 is 0 Å². The molecule has 0 bridgehead atoms. The summed E-state index contributed by atoms with van der Waals surface area (Å²) < 4.78 is 0. The Hall–Kier alpha value is 0.140. The molecule has 0 amide bonds. The van der Waals surface area contributed by atoms with Gasteiger partial charge in [0.25, 0.3) is 0 Å². The van der Waals surface area contributed by atoms with Crippen LogP contribution in [0.25, 0.3) is 0 Å². The second-order valence-corrected chi connectivity index (χ2v) is 6.11. The first-order chi connectivity index (χ1) is 8.10. The van der Waals surface area contributed by atoms with Crippen LogP contribution < -0.4 is 4.90 Å². The first kappa shape index (κ1) is 15.2. The van der Waals surface area contributed by atoms with Crippen molar-refractivity contribution in [1.29, 1.82) is 0 Å². The molecule has 1 aromatic rings. The third kappa shape index (κ3) is 4.38. The highest BCUT2D eigenvalue weighted by Gasteiger charge is 2.12. The molecular formula is C13H19BrClNS. The molecule has 0 aliphatic rings. The van der Waals surface area contributed by atoms with Gasteiger partial charge in [-0.2, -0.15) is 11.8 Å². The van der Waals surface area contributed by atoms with E-state index >= 15 is 0 Å². The molecule has 0 aliphatic heterocycles.